The average Bonchev–Trinajstić information content (AvgIpc) is 2.26. The predicted octanol–water partition coefficient (Wildman–Crippen LogP) is 3.71. The first-order valence-corrected chi connectivity index (χ1v) is 5.79. The van der Waals surface area contributed by atoms with E-state index in [4.69, 9.17) is 4.74 Å². The lowest BCUT2D eigenvalue weighted by Gasteiger charge is -2.18. The van der Waals surface area contributed by atoms with Crippen molar-refractivity contribution in [3.63, 3.8) is 0 Å². The molecule has 0 saturated carbocycles. The molecule has 1 nitrogen and oxygen atoms in total. The molecule has 14 heavy (non-hydrogen) atoms. The van der Waals surface area contributed by atoms with E-state index in [-0.39, 0.29) is 12.2 Å². The molecule has 0 spiro atoms. The maximum atomic E-state index is 5.77. The van der Waals surface area contributed by atoms with Crippen LogP contribution in [0.15, 0.2) is 43.0 Å². The molecule has 0 radical (unpaired) electrons. The molecule has 0 amide bonds. The molecule has 2 unspecified atom stereocenters. The van der Waals surface area contributed by atoms with Crippen molar-refractivity contribution in [2.45, 2.75) is 19.1 Å². The van der Waals surface area contributed by atoms with Crippen molar-refractivity contribution >= 4 is 15.9 Å². The first kappa shape index (κ1) is 11.5. The average molecular weight is 255 g/mol. The van der Waals surface area contributed by atoms with Crippen LogP contribution in [-0.4, -0.2) is 11.4 Å². The third kappa shape index (κ3) is 3.28. The second-order valence-corrected chi connectivity index (χ2v) is 3.82. The molecule has 0 aromatic heterocycles. The highest BCUT2D eigenvalue weighted by atomic mass is 79.9. The van der Waals surface area contributed by atoms with Crippen LogP contribution in [0.4, 0.5) is 0 Å². The van der Waals surface area contributed by atoms with Gasteiger partial charge in [-0.3, -0.25) is 0 Å². The number of benzene rings is 1. The summed E-state index contributed by atoms with van der Waals surface area (Å²) in [5, 5.41) is 0.837. The molecule has 1 aromatic carbocycles. The van der Waals surface area contributed by atoms with Crippen molar-refractivity contribution in [2.75, 3.05) is 5.33 Å². The van der Waals surface area contributed by atoms with Gasteiger partial charge in [0.2, 0.25) is 0 Å². The predicted molar refractivity (Wildman–Crippen MR) is 63.7 cm³/mol. The molecular formula is C12H15BrO. The minimum absolute atomic E-state index is 0.0104. The van der Waals surface area contributed by atoms with E-state index in [1.54, 1.807) is 0 Å². The van der Waals surface area contributed by atoms with Crippen molar-refractivity contribution in [1.82, 2.24) is 0 Å². The zero-order valence-corrected chi connectivity index (χ0v) is 9.91. The van der Waals surface area contributed by atoms with Crippen LogP contribution in [0.25, 0.3) is 0 Å². The number of hydrogen-bond acceptors (Lipinski definition) is 1. The lowest BCUT2D eigenvalue weighted by molar-refractivity contribution is 0.0385. The Labute approximate surface area is 93.9 Å². The third-order valence-corrected chi connectivity index (χ3v) is 2.85. The van der Waals surface area contributed by atoms with Gasteiger partial charge in [0.1, 0.15) is 6.10 Å². The Morgan fingerprint density at radius 1 is 1.43 bits per heavy atom. The maximum Gasteiger partial charge on any atom is 0.101 e. The van der Waals surface area contributed by atoms with E-state index in [1.807, 2.05) is 43.3 Å². The van der Waals surface area contributed by atoms with E-state index >= 15 is 0 Å². The van der Waals surface area contributed by atoms with Crippen molar-refractivity contribution in [3.8, 4) is 0 Å². The molecule has 0 heterocycles. The monoisotopic (exact) mass is 254 g/mol. The maximum absolute atomic E-state index is 5.77. The molecule has 1 rings (SSSR count). The molecule has 76 valence electrons. The smallest absolute Gasteiger partial charge is 0.101 e. The van der Waals surface area contributed by atoms with E-state index < -0.39 is 0 Å². The van der Waals surface area contributed by atoms with Gasteiger partial charge in [0.05, 0.1) is 6.10 Å². The summed E-state index contributed by atoms with van der Waals surface area (Å²) in [5.41, 5.74) is 1.15. The van der Waals surface area contributed by atoms with Crippen LogP contribution < -0.4 is 0 Å². The quantitative estimate of drug-likeness (QED) is 0.575. The molecule has 0 bridgehead atoms. The number of alkyl halides is 1. The zero-order valence-electron chi connectivity index (χ0n) is 8.32. The topological polar surface area (TPSA) is 9.23 Å². The molecule has 0 aliphatic rings. The van der Waals surface area contributed by atoms with Crippen LogP contribution in [0, 0.1) is 0 Å². The molecule has 0 fully saturated rings. The third-order valence-electron chi connectivity index (χ3n) is 1.94. The van der Waals surface area contributed by atoms with Gasteiger partial charge in [0.15, 0.2) is 0 Å². The van der Waals surface area contributed by atoms with E-state index in [0.717, 1.165) is 10.9 Å². The minimum Gasteiger partial charge on any atom is -0.366 e. The van der Waals surface area contributed by atoms with Crippen LogP contribution in [-0.2, 0) is 4.74 Å². The lowest BCUT2D eigenvalue weighted by Crippen LogP contribution is -2.13. The van der Waals surface area contributed by atoms with Crippen molar-refractivity contribution < 1.29 is 4.74 Å². The highest BCUT2D eigenvalue weighted by Crippen LogP contribution is 2.20. The van der Waals surface area contributed by atoms with Gasteiger partial charge in [-0.2, -0.15) is 0 Å². The Kier molecular flexibility index (Phi) is 4.91. The fraction of sp³-hybridized carbons (Fsp3) is 0.333. The van der Waals surface area contributed by atoms with Crippen molar-refractivity contribution in [3.05, 3.63) is 48.6 Å². The van der Waals surface area contributed by atoms with Gasteiger partial charge in [0.25, 0.3) is 0 Å². The summed E-state index contributed by atoms with van der Waals surface area (Å²) in [4.78, 5) is 0. The minimum atomic E-state index is -0.0104. The van der Waals surface area contributed by atoms with Crippen LogP contribution >= 0.6 is 15.9 Å². The van der Waals surface area contributed by atoms with E-state index in [1.165, 1.54) is 0 Å². The normalized spacial score (nSPS) is 14.7. The standard InChI is InChI=1S/C12H15BrO/c1-3-12(14-10(2)9-13)11-7-5-4-6-8-11/h3-8,10,12H,1,9H2,2H3. The Balaban J connectivity index is 2.68. The van der Waals surface area contributed by atoms with Gasteiger partial charge < -0.3 is 4.74 Å². The second-order valence-electron chi connectivity index (χ2n) is 3.17. The molecule has 1 aromatic rings. The Morgan fingerprint density at radius 3 is 2.57 bits per heavy atom. The van der Waals surface area contributed by atoms with Crippen LogP contribution in [0.3, 0.4) is 0 Å². The molecular weight excluding hydrogens is 240 g/mol. The summed E-state index contributed by atoms with van der Waals surface area (Å²) in [7, 11) is 0. The largest absolute Gasteiger partial charge is 0.366 e. The molecule has 0 aliphatic heterocycles. The van der Waals surface area contributed by atoms with Crippen molar-refractivity contribution in [1.29, 1.82) is 0 Å². The van der Waals surface area contributed by atoms with Gasteiger partial charge in [-0.15, -0.1) is 6.58 Å². The van der Waals surface area contributed by atoms with Crippen LogP contribution in [0.2, 0.25) is 0 Å². The van der Waals surface area contributed by atoms with Gasteiger partial charge in [-0.25, -0.2) is 0 Å². The van der Waals surface area contributed by atoms with Gasteiger partial charge in [-0.1, -0.05) is 52.3 Å². The highest BCUT2D eigenvalue weighted by molar-refractivity contribution is 9.09. The molecule has 0 N–H and O–H groups in total. The Bertz CT molecular complexity index is 271. The number of ether oxygens (including phenoxy) is 1. The molecule has 2 atom stereocenters. The van der Waals surface area contributed by atoms with Crippen LogP contribution in [0.1, 0.15) is 18.6 Å². The summed E-state index contributed by atoms with van der Waals surface area (Å²) in [5.74, 6) is 0. The molecule has 0 saturated heterocycles. The van der Waals surface area contributed by atoms with Gasteiger partial charge >= 0.3 is 0 Å². The first-order valence-electron chi connectivity index (χ1n) is 4.67. The fourth-order valence-corrected chi connectivity index (χ4v) is 1.35. The number of rotatable bonds is 5. The van der Waals surface area contributed by atoms with E-state index in [9.17, 15) is 0 Å². The number of hydrogen-bond donors (Lipinski definition) is 0. The lowest BCUT2D eigenvalue weighted by atomic mass is 10.1. The summed E-state index contributed by atoms with van der Waals surface area (Å²) in [6.45, 7) is 5.82. The second kappa shape index (κ2) is 5.99. The van der Waals surface area contributed by atoms with E-state index in [0.29, 0.717) is 0 Å². The summed E-state index contributed by atoms with van der Waals surface area (Å²) < 4.78 is 5.77. The first-order chi connectivity index (χ1) is 6.77. The zero-order chi connectivity index (χ0) is 10.4. The fourth-order valence-electron chi connectivity index (χ4n) is 1.20. The summed E-state index contributed by atoms with van der Waals surface area (Å²) >= 11 is 3.39. The molecule has 2 heteroatoms. The summed E-state index contributed by atoms with van der Waals surface area (Å²) in [6.07, 6.45) is 2.01. The SMILES string of the molecule is C=CC(OC(C)CBr)c1ccccc1. The van der Waals surface area contributed by atoms with Crippen LogP contribution in [0.5, 0.6) is 0 Å². The number of halogens is 1. The Hall–Kier alpha value is -0.600. The molecule has 0 aliphatic carbocycles. The summed E-state index contributed by atoms with van der Waals surface area (Å²) in [6, 6.07) is 10.1. The van der Waals surface area contributed by atoms with E-state index in [2.05, 4.69) is 22.5 Å². The van der Waals surface area contributed by atoms with Gasteiger partial charge in [-0.05, 0) is 12.5 Å². The highest BCUT2D eigenvalue weighted by Gasteiger charge is 2.10. The van der Waals surface area contributed by atoms with Gasteiger partial charge in [0, 0.05) is 5.33 Å². The Morgan fingerprint density at radius 2 is 2.07 bits per heavy atom. The van der Waals surface area contributed by atoms with Crippen molar-refractivity contribution in [2.24, 2.45) is 0 Å².